The van der Waals surface area contributed by atoms with E-state index in [0.717, 1.165) is 22.4 Å². The average molecular weight is 293 g/mol. The van der Waals surface area contributed by atoms with Gasteiger partial charge in [-0.3, -0.25) is 9.78 Å². The van der Waals surface area contributed by atoms with Crippen LogP contribution in [0.25, 0.3) is 11.1 Å². The van der Waals surface area contributed by atoms with Crippen molar-refractivity contribution in [3.63, 3.8) is 0 Å². The van der Waals surface area contributed by atoms with Crippen LogP contribution in [0.4, 0.5) is 5.69 Å². The molecule has 0 spiro atoms. The SMILES string of the molecule is CN1C(=O)Cc2c1ccc(-c1cncc(Cl)c1)c2Cl. The zero-order chi connectivity index (χ0) is 13.6. The van der Waals surface area contributed by atoms with Crippen molar-refractivity contribution in [2.24, 2.45) is 0 Å². The Morgan fingerprint density at radius 3 is 2.79 bits per heavy atom. The summed E-state index contributed by atoms with van der Waals surface area (Å²) < 4.78 is 0. The lowest BCUT2D eigenvalue weighted by atomic mass is 10.0. The molecule has 1 amide bonds. The number of benzene rings is 1. The summed E-state index contributed by atoms with van der Waals surface area (Å²) in [5, 5.41) is 1.15. The fraction of sp³-hybridized carbons (Fsp3) is 0.143. The van der Waals surface area contributed by atoms with Gasteiger partial charge < -0.3 is 4.90 Å². The Balaban J connectivity index is 2.16. The second-order valence-electron chi connectivity index (χ2n) is 4.45. The normalized spacial score (nSPS) is 13.8. The maximum absolute atomic E-state index is 11.7. The summed E-state index contributed by atoms with van der Waals surface area (Å²) in [6.07, 6.45) is 3.62. The number of hydrogen-bond acceptors (Lipinski definition) is 2. The van der Waals surface area contributed by atoms with E-state index in [1.165, 1.54) is 0 Å². The molecule has 2 aromatic rings. The molecular weight excluding hydrogens is 283 g/mol. The minimum absolute atomic E-state index is 0.0540. The van der Waals surface area contributed by atoms with Gasteiger partial charge >= 0.3 is 0 Å². The fourth-order valence-corrected chi connectivity index (χ4v) is 2.79. The first-order valence-electron chi connectivity index (χ1n) is 5.77. The molecule has 0 bridgehead atoms. The van der Waals surface area contributed by atoms with Crippen molar-refractivity contribution in [3.05, 3.63) is 46.2 Å². The largest absolute Gasteiger partial charge is 0.315 e. The van der Waals surface area contributed by atoms with Crippen LogP contribution in [0.15, 0.2) is 30.6 Å². The molecule has 96 valence electrons. The van der Waals surface area contributed by atoms with E-state index in [1.54, 1.807) is 24.3 Å². The van der Waals surface area contributed by atoms with E-state index in [1.807, 2.05) is 18.2 Å². The van der Waals surface area contributed by atoms with Crippen molar-refractivity contribution in [1.82, 2.24) is 4.98 Å². The number of anilines is 1. The van der Waals surface area contributed by atoms with Gasteiger partial charge in [-0.25, -0.2) is 0 Å². The molecule has 0 saturated heterocycles. The molecule has 19 heavy (non-hydrogen) atoms. The first-order valence-corrected chi connectivity index (χ1v) is 6.52. The molecule has 0 radical (unpaired) electrons. The molecule has 0 unspecified atom stereocenters. The number of fused-ring (bicyclic) bond motifs is 1. The molecule has 0 atom stereocenters. The number of likely N-dealkylation sites (N-methyl/N-ethyl adjacent to an activating group) is 1. The molecule has 1 aromatic heterocycles. The van der Waals surface area contributed by atoms with E-state index in [2.05, 4.69) is 4.98 Å². The second kappa shape index (κ2) is 4.51. The van der Waals surface area contributed by atoms with Gasteiger partial charge in [-0.2, -0.15) is 0 Å². The van der Waals surface area contributed by atoms with Crippen molar-refractivity contribution < 1.29 is 4.79 Å². The Morgan fingerprint density at radius 2 is 2.05 bits per heavy atom. The third-order valence-electron chi connectivity index (χ3n) is 3.30. The number of carbonyl (C=O) groups is 1. The number of nitrogens with zero attached hydrogens (tertiary/aromatic N) is 2. The fourth-order valence-electron chi connectivity index (χ4n) is 2.28. The zero-order valence-electron chi connectivity index (χ0n) is 10.2. The summed E-state index contributed by atoms with van der Waals surface area (Å²) in [5.74, 6) is 0.0540. The topological polar surface area (TPSA) is 33.2 Å². The van der Waals surface area contributed by atoms with Crippen LogP contribution in [0.5, 0.6) is 0 Å². The molecule has 0 aliphatic carbocycles. The minimum Gasteiger partial charge on any atom is -0.315 e. The van der Waals surface area contributed by atoms with Crippen LogP contribution in [0.3, 0.4) is 0 Å². The second-order valence-corrected chi connectivity index (χ2v) is 5.26. The van der Waals surface area contributed by atoms with Crippen LogP contribution in [0.2, 0.25) is 10.0 Å². The van der Waals surface area contributed by atoms with E-state index in [-0.39, 0.29) is 5.91 Å². The molecule has 0 fully saturated rings. The van der Waals surface area contributed by atoms with Gasteiger partial charge in [0.15, 0.2) is 0 Å². The van der Waals surface area contributed by atoms with Crippen molar-refractivity contribution in [3.8, 4) is 11.1 Å². The minimum atomic E-state index is 0.0540. The zero-order valence-corrected chi connectivity index (χ0v) is 11.7. The highest BCUT2D eigenvalue weighted by Gasteiger charge is 2.27. The molecule has 0 saturated carbocycles. The van der Waals surface area contributed by atoms with Crippen LogP contribution in [-0.4, -0.2) is 17.9 Å². The number of aromatic nitrogens is 1. The van der Waals surface area contributed by atoms with Crippen LogP contribution in [0.1, 0.15) is 5.56 Å². The number of hydrogen-bond donors (Lipinski definition) is 0. The monoisotopic (exact) mass is 292 g/mol. The smallest absolute Gasteiger partial charge is 0.231 e. The molecule has 1 aromatic carbocycles. The number of halogens is 2. The molecule has 2 heterocycles. The number of carbonyl (C=O) groups excluding carboxylic acids is 1. The Hall–Kier alpha value is -1.58. The molecule has 0 N–H and O–H groups in total. The van der Waals surface area contributed by atoms with Gasteiger partial charge in [0.2, 0.25) is 5.91 Å². The molecule has 1 aliphatic heterocycles. The Kier molecular flexibility index (Phi) is 2.96. The predicted molar refractivity (Wildman–Crippen MR) is 76.8 cm³/mol. The lowest BCUT2D eigenvalue weighted by molar-refractivity contribution is -0.117. The summed E-state index contributed by atoms with van der Waals surface area (Å²) in [6, 6.07) is 5.61. The lowest BCUT2D eigenvalue weighted by Gasteiger charge is -2.12. The quantitative estimate of drug-likeness (QED) is 0.805. The highest BCUT2D eigenvalue weighted by molar-refractivity contribution is 6.35. The van der Waals surface area contributed by atoms with Gasteiger partial charge in [-0.05, 0) is 12.1 Å². The third-order valence-corrected chi connectivity index (χ3v) is 3.94. The Bertz CT molecular complexity index is 685. The molecule has 1 aliphatic rings. The Morgan fingerprint density at radius 1 is 1.26 bits per heavy atom. The predicted octanol–water partition coefficient (Wildman–Crippen LogP) is 3.57. The summed E-state index contributed by atoms with van der Waals surface area (Å²) in [7, 11) is 1.76. The summed E-state index contributed by atoms with van der Waals surface area (Å²) >= 11 is 12.4. The van der Waals surface area contributed by atoms with Crippen molar-refractivity contribution in [1.29, 1.82) is 0 Å². The van der Waals surface area contributed by atoms with Gasteiger partial charge in [0.05, 0.1) is 16.5 Å². The van der Waals surface area contributed by atoms with Crippen molar-refractivity contribution in [2.45, 2.75) is 6.42 Å². The highest BCUT2D eigenvalue weighted by atomic mass is 35.5. The first kappa shape index (κ1) is 12.5. The summed E-state index contributed by atoms with van der Waals surface area (Å²) in [6.45, 7) is 0. The van der Waals surface area contributed by atoms with E-state index in [0.29, 0.717) is 16.5 Å². The maximum atomic E-state index is 11.7. The van der Waals surface area contributed by atoms with Crippen molar-refractivity contribution >= 4 is 34.8 Å². The van der Waals surface area contributed by atoms with E-state index < -0.39 is 0 Å². The van der Waals surface area contributed by atoms with Gasteiger partial charge in [0, 0.05) is 41.8 Å². The van der Waals surface area contributed by atoms with E-state index in [9.17, 15) is 4.79 Å². The molecule has 5 heteroatoms. The van der Waals surface area contributed by atoms with Crippen molar-refractivity contribution in [2.75, 3.05) is 11.9 Å². The lowest BCUT2D eigenvalue weighted by Crippen LogP contribution is -2.20. The first-order chi connectivity index (χ1) is 9.08. The van der Waals surface area contributed by atoms with Gasteiger partial charge in [0.25, 0.3) is 0 Å². The summed E-state index contributed by atoms with van der Waals surface area (Å²) in [4.78, 5) is 17.4. The van der Waals surface area contributed by atoms with Gasteiger partial charge in [-0.1, -0.05) is 29.3 Å². The van der Waals surface area contributed by atoms with Crippen LogP contribution >= 0.6 is 23.2 Å². The summed E-state index contributed by atoms with van der Waals surface area (Å²) in [5.41, 5.74) is 3.43. The van der Waals surface area contributed by atoms with E-state index >= 15 is 0 Å². The number of pyridine rings is 1. The van der Waals surface area contributed by atoms with Crippen LogP contribution < -0.4 is 4.90 Å². The maximum Gasteiger partial charge on any atom is 0.231 e. The van der Waals surface area contributed by atoms with Gasteiger partial charge in [-0.15, -0.1) is 0 Å². The average Bonchev–Trinajstić information content (AvgIpc) is 2.67. The van der Waals surface area contributed by atoms with Crippen LogP contribution in [0, 0.1) is 0 Å². The molecule has 3 nitrogen and oxygen atoms in total. The standard InChI is InChI=1S/C14H10Cl2N2O/c1-18-12-3-2-10(8-4-9(15)7-17-6-8)14(16)11(12)5-13(18)19/h2-4,6-7H,5H2,1H3. The van der Waals surface area contributed by atoms with Crippen LogP contribution in [-0.2, 0) is 11.2 Å². The van der Waals surface area contributed by atoms with Gasteiger partial charge in [0.1, 0.15) is 0 Å². The molecular formula is C14H10Cl2N2O. The highest BCUT2D eigenvalue weighted by Crippen LogP contribution is 2.39. The third kappa shape index (κ3) is 1.99. The Labute approximate surface area is 120 Å². The number of rotatable bonds is 1. The number of amides is 1. The molecule has 3 rings (SSSR count). The van der Waals surface area contributed by atoms with E-state index in [4.69, 9.17) is 23.2 Å².